The second-order valence-corrected chi connectivity index (χ2v) is 7.42. The van der Waals surface area contributed by atoms with Crippen LogP contribution >= 0.6 is 11.3 Å². The van der Waals surface area contributed by atoms with Gasteiger partial charge in [-0.3, -0.25) is 4.79 Å². The molecule has 1 aromatic rings. The predicted molar refractivity (Wildman–Crippen MR) is 75.0 cm³/mol. The zero-order valence-corrected chi connectivity index (χ0v) is 12.7. The summed E-state index contributed by atoms with van der Waals surface area (Å²) < 4.78 is 26.9. The number of carbonyl (C=O) groups excluding carboxylic acids is 1. The Morgan fingerprint density at radius 2 is 2.15 bits per heavy atom. The van der Waals surface area contributed by atoms with Gasteiger partial charge in [-0.15, -0.1) is 10.2 Å². The molecule has 10 heteroatoms. The van der Waals surface area contributed by atoms with Crippen LogP contribution in [-0.2, 0) is 14.8 Å². The van der Waals surface area contributed by atoms with Crippen LogP contribution in [0.25, 0.3) is 0 Å². The van der Waals surface area contributed by atoms with E-state index in [4.69, 9.17) is 0 Å². The second-order valence-electron chi connectivity index (χ2n) is 4.55. The zero-order valence-electron chi connectivity index (χ0n) is 11.0. The molecule has 0 radical (unpaired) electrons. The van der Waals surface area contributed by atoms with Crippen molar-refractivity contribution in [3.05, 3.63) is 0 Å². The van der Waals surface area contributed by atoms with Crippen LogP contribution in [-0.4, -0.2) is 43.7 Å². The lowest BCUT2D eigenvalue weighted by Gasteiger charge is -2.14. The number of nitrogens with one attached hydrogen (secondary N) is 3. The van der Waals surface area contributed by atoms with E-state index in [9.17, 15) is 13.2 Å². The van der Waals surface area contributed by atoms with E-state index in [2.05, 4.69) is 25.6 Å². The molecule has 0 aliphatic carbocycles. The molecule has 0 spiro atoms. The summed E-state index contributed by atoms with van der Waals surface area (Å²) in [5, 5.41) is 13.1. The molecular weight excluding hydrogens is 302 g/mol. The maximum absolute atomic E-state index is 12.2. The summed E-state index contributed by atoms with van der Waals surface area (Å²) in [4.78, 5) is 10.9. The summed E-state index contributed by atoms with van der Waals surface area (Å²) >= 11 is 0.842. The Morgan fingerprint density at radius 1 is 1.35 bits per heavy atom. The van der Waals surface area contributed by atoms with Crippen molar-refractivity contribution in [1.82, 2.24) is 20.2 Å². The minimum Gasteiger partial charge on any atom is -0.317 e. The number of sulfonamides is 1. The van der Waals surface area contributed by atoms with E-state index in [0.29, 0.717) is 0 Å². The van der Waals surface area contributed by atoms with Gasteiger partial charge >= 0.3 is 0 Å². The molecule has 1 aliphatic rings. The molecule has 1 amide bonds. The van der Waals surface area contributed by atoms with E-state index in [-0.39, 0.29) is 21.4 Å². The highest BCUT2D eigenvalue weighted by Crippen LogP contribution is 2.20. The molecule has 2 rings (SSSR count). The first kappa shape index (κ1) is 15.3. The highest BCUT2D eigenvalue weighted by atomic mass is 32.2. The molecule has 0 aromatic carbocycles. The van der Waals surface area contributed by atoms with Crippen molar-refractivity contribution in [2.75, 3.05) is 18.4 Å². The number of amides is 1. The molecule has 8 nitrogen and oxygen atoms in total. The fourth-order valence-corrected chi connectivity index (χ4v) is 4.19. The summed E-state index contributed by atoms with van der Waals surface area (Å²) in [6, 6.07) is -0.0943. The Balaban J connectivity index is 2.05. The highest BCUT2D eigenvalue weighted by molar-refractivity contribution is 7.91. The van der Waals surface area contributed by atoms with Gasteiger partial charge in [0.1, 0.15) is 0 Å². The van der Waals surface area contributed by atoms with Crippen LogP contribution in [0.3, 0.4) is 0 Å². The Kier molecular flexibility index (Phi) is 5.02. The third kappa shape index (κ3) is 4.20. The van der Waals surface area contributed by atoms with E-state index in [1.807, 2.05) is 0 Å². The van der Waals surface area contributed by atoms with Gasteiger partial charge in [-0.2, -0.15) is 0 Å². The summed E-state index contributed by atoms with van der Waals surface area (Å²) in [7, 11) is -3.68. The molecule has 3 N–H and O–H groups in total. The van der Waals surface area contributed by atoms with Gasteiger partial charge in [0.05, 0.1) is 0 Å². The van der Waals surface area contributed by atoms with E-state index in [0.717, 1.165) is 43.7 Å². The molecule has 2 heterocycles. The predicted octanol–water partition coefficient (Wildman–Crippen LogP) is -0.0831. The first-order chi connectivity index (χ1) is 9.47. The number of hydrogen-bond donors (Lipinski definition) is 3. The van der Waals surface area contributed by atoms with E-state index in [1.165, 1.54) is 6.92 Å². The normalized spacial score (nSPS) is 20.4. The molecule has 1 fully saturated rings. The number of hydrogen-bond acceptors (Lipinski definition) is 7. The van der Waals surface area contributed by atoms with Gasteiger partial charge in [0.25, 0.3) is 10.0 Å². The first-order valence-electron chi connectivity index (χ1n) is 6.31. The zero-order chi connectivity index (χ0) is 14.6. The van der Waals surface area contributed by atoms with Crippen molar-refractivity contribution in [3.63, 3.8) is 0 Å². The van der Waals surface area contributed by atoms with Crippen LogP contribution in [0.1, 0.15) is 26.2 Å². The average Bonchev–Trinajstić information content (AvgIpc) is 2.67. The SMILES string of the molecule is CC(=O)Nc1nnc(S(=O)(=O)NC2CCCNCC2)s1. The van der Waals surface area contributed by atoms with Crippen molar-refractivity contribution in [3.8, 4) is 0 Å². The maximum Gasteiger partial charge on any atom is 0.270 e. The van der Waals surface area contributed by atoms with Crippen LogP contribution in [0.2, 0.25) is 0 Å². The summed E-state index contributed by atoms with van der Waals surface area (Å²) in [5.74, 6) is -0.312. The number of nitrogens with zero attached hydrogens (tertiary/aromatic N) is 2. The Hall–Kier alpha value is -1.10. The number of carbonyl (C=O) groups is 1. The molecule has 1 aromatic heterocycles. The Bertz CT molecular complexity index is 563. The summed E-state index contributed by atoms with van der Waals surface area (Å²) in [5.41, 5.74) is 0. The van der Waals surface area contributed by atoms with Crippen LogP contribution in [0.4, 0.5) is 5.13 Å². The lowest BCUT2D eigenvalue weighted by Crippen LogP contribution is -2.35. The first-order valence-corrected chi connectivity index (χ1v) is 8.61. The van der Waals surface area contributed by atoms with E-state index < -0.39 is 10.0 Å². The molecule has 20 heavy (non-hydrogen) atoms. The summed E-state index contributed by atoms with van der Waals surface area (Å²) in [6.07, 6.45) is 2.47. The third-order valence-corrected chi connectivity index (χ3v) is 5.54. The number of rotatable bonds is 4. The standard InChI is InChI=1S/C10H17N5O3S2/c1-7(16)12-9-13-14-10(19-9)20(17,18)15-8-3-2-5-11-6-4-8/h8,11,15H,2-6H2,1H3,(H,12,13,16). The average molecular weight is 319 g/mol. The van der Waals surface area contributed by atoms with Crippen molar-refractivity contribution in [1.29, 1.82) is 0 Å². The quantitative estimate of drug-likeness (QED) is 0.669. The van der Waals surface area contributed by atoms with E-state index >= 15 is 0 Å². The lowest BCUT2D eigenvalue weighted by molar-refractivity contribution is -0.114. The fourth-order valence-electron chi connectivity index (χ4n) is 1.93. The number of anilines is 1. The Labute approximate surface area is 121 Å². The topological polar surface area (TPSA) is 113 Å². The lowest BCUT2D eigenvalue weighted by atomic mass is 10.1. The van der Waals surface area contributed by atoms with E-state index in [1.54, 1.807) is 0 Å². The molecule has 1 atom stereocenters. The van der Waals surface area contributed by atoms with Crippen molar-refractivity contribution in [2.24, 2.45) is 0 Å². The largest absolute Gasteiger partial charge is 0.317 e. The summed E-state index contributed by atoms with van der Waals surface area (Å²) in [6.45, 7) is 3.02. The molecule has 1 unspecified atom stereocenters. The smallest absolute Gasteiger partial charge is 0.270 e. The Morgan fingerprint density at radius 3 is 2.90 bits per heavy atom. The van der Waals surface area contributed by atoms with Gasteiger partial charge in [0.2, 0.25) is 15.4 Å². The van der Waals surface area contributed by atoms with Crippen LogP contribution in [0, 0.1) is 0 Å². The third-order valence-electron chi connectivity index (χ3n) is 2.82. The van der Waals surface area contributed by atoms with Crippen molar-refractivity contribution < 1.29 is 13.2 Å². The number of aromatic nitrogens is 2. The molecular formula is C10H17N5O3S2. The van der Waals surface area contributed by atoms with Gasteiger partial charge in [-0.1, -0.05) is 11.3 Å². The van der Waals surface area contributed by atoms with Crippen molar-refractivity contribution >= 4 is 32.4 Å². The monoisotopic (exact) mass is 319 g/mol. The highest BCUT2D eigenvalue weighted by Gasteiger charge is 2.25. The fraction of sp³-hybridized carbons (Fsp3) is 0.700. The molecule has 0 saturated carbocycles. The maximum atomic E-state index is 12.2. The van der Waals surface area contributed by atoms with Gasteiger partial charge in [-0.25, -0.2) is 13.1 Å². The van der Waals surface area contributed by atoms with Gasteiger partial charge < -0.3 is 10.6 Å². The minimum absolute atomic E-state index is 0.0943. The van der Waals surface area contributed by atoms with Gasteiger partial charge in [-0.05, 0) is 32.4 Å². The van der Waals surface area contributed by atoms with Crippen LogP contribution in [0.5, 0.6) is 0 Å². The molecule has 1 saturated heterocycles. The van der Waals surface area contributed by atoms with Gasteiger partial charge in [0.15, 0.2) is 0 Å². The van der Waals surface area contributed by atoms with Gasteiger partial charge in [0, 0.05) is 13.0 Å². The minimum atomic E-state index is -3.68. The molecule has 0 bridgehead atoms. The van der Waals surface area contributed by atoms with Crippen molar-refractivity contribution in [2.45, 2.75) is 36.6 Å². The van der Waals surface area contributed by atoms with Crippen LogP contribution in [0.15, 0.2) is 4.34 Å². The molecule has 1 aliphatic heterocycles. The molecule has 112 valence electrons. The second kappa shape index (κ2) is 6.57. The van der Waals surface area contributed by atoms with Crippen LogP contribution < -0.4 is 15.4 Å².